The number of ether oxygens (including phenoxy) is 2. The molecule has 1 saturated heterocycles. The van der Waals surface area contributed by atoms with Crippen molar-refractivity contribution in [2.45, 2.75) is 20.3 Å². The van der Waals surface area contributed by atoms with Crippen LogP contribution < -0.4 is 9.64 Å². The monoisotopic (exact) mass is 409 g/mol. The van der Waals surface area contributed by atoms with Crippen LogP contribution in [0.15, 0.2) is 24.3 Å². The van der Waals surface area contributed by atoms with E-state index in [1.165, 1.54) is 27.7 Å². The van der Waals surface area contributed by atoms with Crippen molar-refractivity contribution in [3.05, 3.63) is 46.8 Å². The molecule has 0 radical (unpaired) electrons. The van der Waals surface area contributed by atoms with Gasteiger partial charge in [-0.2, -0.15) is 9.97 Å². The Hall–Kier alpha value is -2.64. The zero-order valence-corrected chi connectivity index (χ0v) is 18.4. The Balaban J connectivity index is 1.49. The molecule has 0 spiro atoms. The molecule has 1 N–H and O–H groups in total. The summed E-state index contributed by atoms with van der Waals surface area (Å²) >= 11 is 0. The Morgan fingerprint density at radius 1 is 1.13 bits per heavy atom. The summed E-state index contributed by atoms with van der Waals surface area (Å²) in [6, 6.07) is 9.05. The number of fused-ring (bicyclic) bond motifs is 1. The SMILES string of the molecule is Cc1[nH]c2ccc(Cc3cc(N(C)C)nc(OCCN4CCOCC4)n3)cc2c1C. The van der Waals surface area contributed by atoms with Gasteiger partial charge >= 0.3 is 6.01 Å². The van der Waals surface area contributed by atoms with Crippen LogP contribution in [0.25, 0.3) is 10.9 Å². The van der Waals surface area contributed by atoms with Crippen molar-refractivity contribution in [1.82, 2.24) is 19.9 Å². The number of H-pyrrole nitrogens is 1. The van der Waals surface area contributed by atoms with Crippen LogP contribution >= 0.6 is 0 Å². The summed E-state index contributed by atoms with van der Waals surface area (Å²) in [5.74, 6) is 0.858. The van der Waals surface area contributed by atoms with Crippen LogP contribution in [0.2, 0.25) is 0 Å². The molecule has 1 fully saturated rings. The molecule has 160 valence electrons. The average Bonchev–Trinajstić information content (AvgIpc) is 3.02. The smallest absolute Gasteiger partial charge is 0.318 e. The summed E-state index contributed by atoms with van der Waals surface area (Å²) < 4.78 is 11.3. The molecule has 1 aliphatic heterocycles. The minimum absolute atomic E-state index is 0.444. The zero-order chi connectivity index (χ0) is 21.1. The lowest BCUT2D eigenvalue weighted by atomic mass is 10.1. The second kappa shape index (κ2) is 9.02. The van der Waals surface area contributed by atoms with Crippen LogP contribution in [-0.2, 0) is 11.2 Å². The Morgan fingerprint density at radius 3 is 2.70 bits per heavy atom. The number of nitrogens with zero attached hydrogens (tertiary/aromatic N) is 4. The molecule has 0 aliphatic carbocycles. The van der Waals surface area contributed by atoms with Gasteiger partial charge in [0, 0.05) is 62.8 Å². The number of hydrogen-bond acceptors (Lipinski definition) is 6. The van der Waals surface area contributed by atoms with Crippen molar-refractivity contribution in [3.8, 4) is 6.01 Å². The third-order valence-electron chi connectivity index (χ3n) is 5.70. The first-order valence-corrected chi connectivity index (χ1v) is 10.6. The molecule has 3 aromatic rings. The molecule has 7 heteroatoms. The molecular formula is C23H31N5O2. The molecule has 0 atom stereocenters. The maximum Gasteiger partial charge on any atom is 0.318 e. The van der Waals surface area contributed by atoms with Gasteiger partial charge in [-0.3, -0.25) is 4.90 Å². The highest BCUT2D eigenvalue weighted by atomic mass is 16.5. The predicted octanol–water partition coefficient (Wildman–Crippen LogP) is 2.94. The van der Waals surface area contributed by atoms with Crippen LogP contribution in [0.5, 0.6) is 6.01 Å². The summed E-state index contributed by atoms with van der Waals surface area (Å²) in [4.78, 5) is 17.0. The summed E-state index contributed by atoms with van der Waals surface area (Å²) in [6.07, 6.45) is 0.739. The van der Waals surface area contributed by atoms with Crippen molar-refractivity contribution in [1.29, 1.82) is 0 Å². The third-order valence-corrected chi connectivity index (χ3v) is 5.70. The highest BCUT2D eigenvalue weighted by Gasteiger charge is 2.13. The largest absolute Gasteiger partial charge is 0.462 e. The number of nitrogens with one attached hydrogen (secondary N) is 1. The molecule has 3 heterocycles. The van der Waals surface area contributed by atoms with Crippen LogP contribution in [0.3, 0.4) is 0 Å². The lowest BCUT2D eigenvalue weighted by Gasteiger charge is -2.26. The van der Waals surface area contributed by atoms with Gasteiger partial charge in [0.2, 0.25) is 0 Å². The molecule has 0 amide bonds. The lowest BCUT2D eigenvalue weighted by molar-refractivity contribution is 0.0317. The fraction of sp³-hybridized carbons (Fsp3) is 0.478. The summed E-state index contributed by atoms with van der Waals surface area (Å²) in [5.41, 5.74) is 5.88. The Kier molecular flexibility index (Phi) is 6.20. The fourth-order valence-electron chi connectivity index (χ4n) is 3.76. The Morgan fingerprint density at radius 2 is 1.93 bits per heavy atom. The van der Waals surface area contributed by atoms with Crippen molar-refractivity contribution in [3.63, 3.8) is 0 Å². The van der Waals surface area contributed by atoms with E-state index in [-0.39, 0.29) is 0 Å². The van der Waals surface area contributed by atoms with E-state index in [2.05, 4.69) is 46.9 Å². The van der Waals surface area contributed by atoms with Gasteiger partial charge in [-0.05, 0) is 37.1 Å². The third kappa shape index (κ3) is 4.74. The van der Waals surface area contributed by atoms with Crippen LogP contribution in [0, 0.1) is 13.8 Å². The molecular weight excluding hydrogens is 378 g/mol. The Bertz CT molecular complexity index is 1010. The normalized spacial score (nSPS) is 14.9. The number of anilines is 1. The maximum absolute atomic E-state index is 5.93. The number of benzene rings is 1. The van der Waals surface area contributed by atoms with Gasteiger partial charge in [-0.25, -0.2) is 0 Å². The second-order valence-corrected chi connectivity index (χ2v) is 8.13. The van der Waals surface area contributed by atoms with Crippen molar-refractivity contribution >= 4 is 16.7 Å². The fourth-order valence-corrected chi connectivity index (χ4v) is 3.76. The van der Waals surface area contributed by atoms with Gasteiger partial charge in [0.1, 0.15) is 12.4 Å². The highest BCUT2D eigenvalue weighted by molar-refractivity contribution is 5.85. The van der Waals surface area contributed by atoms with Gasteiger partial charge < -0.3 is 19.4 Å². The van der Waals surface area contributed by atoms with E-state index in [4.69, 9.17) is 14.5 Å². The topological polar surface area (TPSA) is 66.5 Å². The quantitative estimate of drug-likeness (QED) is 0.647. The molecule has 4 rings (SSSR count). The first-order chi connectivity index (χ1) is 14.5. The van der Waals surface area contributed by atoms with E-state index >= 15 is 0 Å². The van der Waals surface area contributed by atoms with Gasteiger partial charge in [0.25, 0.3) is 0 Å². The molecule has 0 bridgehead atoms. The van der Waals surface area contributed by atoms with Crippen molar-refractivity contribution in [2.24, 2.45) is 0 Å². The molecule has 2 aromatic heterocycles. The summed E-state index contributed by atoms with van der Waals surface area (Å²) in [6.45, 7) is 9.20. The number of rotatable bonds is 7. The van der Waals surface area contributed by atoms with Crippen LogP contribution in [-0.4, -0.2) is 73.4 Å². The minimum atomic E-state index is 0.444. The van der Waals surface area contributed by atoms with Crippen LogP contribution in [0.4, 0.5) is 5.82 Å². The van der Waals surface area contributed by atoms with E-state index in [0.717, 1.165) is 50.8 Å². The molecule has 0 saturated carbocycles. The number of aromatic nitrogens is 3. The van der Waals surface area contributed by atoms with E-state index in [1.807, 2.05) is 25.1 Å². The average molecular weight is 410 g/mol. The first-order valence-electron chi connectivity index (χ1n) is 10.6. The maximum atomic E-state index is 5.93. The predicted molar refractivity (Wildman–Crippen MR) is 120 cm³/mol. The van der Waals surface area contributed by atoms with E-state index in [1.54, 1.807) is 0 Å². The first kappa shape index (κ1) is 20.6. The number of hydrogen-bond donors (Lipinski definition) is 1. The van der Waals surface area contributed by atoms with Gasteiger partial charge in [0.05, 0.1) is 18.9 Å². The van der Waals surface area contributed by atoms with E-state index in [0.29, 0.717) is 12.6 Å². The van der Waals surface area contributed by atoms with Crippen molar-refractivity contribution in [2.75, 3.05) is 58.5 Å². The molecule has 0 unspecified atom stereocenters. The number of morpholine rings is 1. The Labute approximate surface area is 178 Å². The highest BCUT2D eigenvalue weighted by Crippen LogP contribution is 2.24. The van der Waals surface area contributed by atoms with Crippen molar-refractivity contribution < 1.29 is 9.47 Å². The lowest BCUT2D eigenvalue weighted by Crippen LogP contribution is -2.38. The van der Waals surface area contributed by atoms with Gasteiger partial charge in [-0.15, -0.1) is 0 Å². The number of aryl methyl sites for hydroxylation is 2. The summed E-state index contributed by atoms with van der Waals surface area (Å²) in [7, 11) is 3.98. The second-order valence-electron chi connectivity index (χ2n) is 8.13. The van der Waals surface area contributed by atoms with E-state index < -0.39 is 0 Å². The molecule has 1 aliphatic rings. The van der Waals surface area contributed by atoms with E-state index in [9.17, 15) is 0 Å². The minimum Gasteiger partial charge on any atom is -0.462 e. The zero-order valence-electron chi connectivity index (χ0n) is 18.4. The standard InChI is InChI=1S/C23H31N5O2/c1-16-17(2)24-21-6-5-18(14-20(16)21)13-19-15-22(27(3)4)26-23(25-19)30-12-9-28-7-10-29-11-8-28/h5-6,14-15,24H,7-13H2,1-4H3. The molecule has 7 nitrogen and oxygen atoms in total. The van der Waals surface area contributed by atoms with Gasteiger partial charge in [-0.1, -0.05) is 6.07 Å². The summed E-state index contributed by atoms with van der Waals surface area (Å²) in [5, 5.41) is 1.27. The molecule has 30 heavy (non-hydrogen) atoms. The number of aromatic amines is 1. The molecule has 1 aromatic carbocycles. The van der Waals surface area contributed by atoms with Gasteiger partial charge in [0.15, 0.2) is 0 Å². The van der Waals surface area contributed by atoms with Crippen LogP contribution in [0.1, 0.15) is 22.5 Å².